The Hall–Kier alpha value is -3.67. The maximum absolute atomic E-state index is 15.3. The summed E-state index contributed by atoms with van der Waals surface area (Å²) in [5, 5.41) is 6.77. The molecule has 1 aliphatic heterocycles. The van der Waals surface area contributed by atoms with Gasteiger partial charge in [0.25, 0.3) is 5.91 Å². The molecule has 2 aromatic carbocycles. The van der Waals surface area contributed by atoms with E-state index in [0.29, 0.717) is 38.1 Å². The van der Waals surface area contributed by atoms with Crippen LogP contribution in [0, 0.1) is 5.82 Å². The Morgan fingerprint density at radius 1 is 1.28 bits per heavy atom. The van der Waals surface area contributed by atoms with Crippen molar-refractivity contribution in [2.45, 2.75) is 18.4 Å². The lowest BCUT2D eigenvalue weighted by Gasteiger charge is -2.43. The van der Waals surface area contributed by atoms with Crippen LogP contribution in [0.2, 0.25) is 5.02 Å². The molecule has 1 atom stereocenters. The zero-order valence-corrected chi connectivity index (χ0v) is 22.9. The first kappa shape index (κ1) is 28.3. The minimum atomic E-state index is -1.23. The average Bonchev–Trinajstić information content (AvgIpc) is 3.34. The summed E-state index contributed by atoms with van der Waals surface area (Å²) in [6, 6.07) is 10.5. The molecule has 1 aromatic heterocycles. The summed E-state index contributed by atoms with van der Waals surface area (Å²) in [6.45, 7) is 1.79. The molecule has 1 saturated heterocycles. The van der Waals surface area contributed by atoms with E-state index in [1.807, 2.05) is 31.3 Å². The molecule has 3 aromatic rings. The largest absolute Gasteiger partial charge is 0.383 e. The van der Waals surface area contributed by atoms with Crippen molar-refractivity contribution in [1.29, 1.82) is 0 Å². The number of methoxy groups -OCH3 is 2. The molecule has 1 fully saturated rings. The molecular weight excluding hydrogens is 527 g/mol. The standard InChI is InChI=1S/C27H32ClFN6O4/c1-33(13-14-38-2)18-5-7-19(8-6-18)35-25(30)20(15-32-35)26(37)34-12-4-11-27(16-34,39-3)23-22(31-17-36)10-9-21(28)24(23)29/h5-10,15,17H,4,11-14,16,30H2,1-3H3,(H,31,36)/t27-/m0/s1. The fourth-order valence-electron chi connectivity index (χ4n) is 4.95. The highest BCUT2D eigenvalue weighted by Gasteiger charge is 2.43. The van der Waals surface area contributed by atoms with Gasteiger partial charge in [-0.05, 0) is 49.2 Å². The number of amides is 2. The number of nitrogens with one attached hydrogen (secondary N) is 1. The van der Waals surface area contributed by atoms with Gasteiger partial charge in [-0.1, -0.05) is 11.6 Å². The summed E-state index contributed by atoms with van der Waals surface area (Å²) in [7, 11) is 5.08. The Bertz CT molecular complexity index is 1330. The first-order valence-corrected chi connectivity index (χ1v) is 12.8. The lowest BCUT2D eigenvalue weighted by Crippen LogP contribution is -2.50. The van der Waals surface area contributed by atoms with Crippen LogP contribution in [0.5, 0.6) is 0 Å². The van der Waals surface area contributed by atoms with Gasteiger partial charge in [0.15, 0.2) is 0 Å². The molecule has 10 nitrogen and oxygen atoms in total. The summed E-state index contributed by atoms with van der Waals surface area (Å²) in [6.07, 6.45) is 2.83. The number of carbonyl (C=O) groups excluding carboxylic acids is 2. The number of likely N-dealkylation sites (N-methyl/N-ethyl adjacent to an activating group) is 1. The van der Waals surface area contributed by atoms with E-state index in [4.69, 9.17) is 26.8 Å². The predicted octanol–water partition coefficient (Wildman–Crippen LogP) is 3.68. The SMILES string of the molecule is COCCN(C)c1ccc(-n2ncc(C(=O)N3CCC[C@@](OC)(c4c(NC=O)ccc(Cl)c4F)C3)c2N)cc1. The molecule has 3 N–H and O–H groups in total. The van der Waals surface area contributed by atoms with Crippen LogP contribution in [0.15, 0.2) is 42.6 Å². The number of ether oxygens (including phenoxy) is 2. The van der Waals surface area contributed by atoms with Crippen LogP contribution >= 0.6 is 11.6 Å². The van der Waals surface area contributed by atoms with Crippen LogP contribution < -0.4 is 16.0 Å². The van der Waals surface area contributed by atoms with E-state index in [9.17, 15) is 9.59 Å². The molecule has 1 aliphatic rings. The lowest BCUT2D eigenvalue weighted by atomic mass is 9.83. The quantitative estimate of drug-likeness (QED) is 0.365. The second-order valence-corrected chi connectivity index (χ2v) is 9.77. The Morgan fingerprint density at radius 2 is 2.03 bits per heavy atom. The summed E-state index contributed by atoms with van der Waals surface area (Å²) in [5.41, 5.74) is 7.41. The second kappa shape index (κ2) is 12.0. The molecule has 208 valence electrons. The highest BCUT2D eigenvalue weighted by Crippen LogP contribution is 2.42. The highest BCUT2D eigenvalue weighted by molar-refractivity contribution is 6.31. The van der Waals surface area contributed by atoms with Crippen molar-refractivity contribution in [3.05, 3.63) is 64.6 Å². The number of hydrogen-bond acceptors (Lipinski definition) is 7. The first-order chi connectivity index (χ1) is 18.8. The number of carbonyl (C=O) groups is 2. The van der Waals surface area contributed by atoms with Crippen molar-refractivity contribution in [2.75, 3.05) is 63.5 Å². The summed E-state index contributed by atoms with van der Waals surface area (Å²) in [5.74, 6) is -0.877. The molecule has 4 rings (SSSR count). The van der Waals surface area contributed by atoms with Crippen LogP contribution in [0.3, 0.4) is 0 Å². The minimum Gasteiger partial charge on any atom is -0.383 e. The zero-order valence-electron chi connectivity index (χ0n) is 22.1. The molecule has 0 aliphatic carbocycles. The Balaban J connectivity index is 1.60. The third-order valence-corrected chi connectivity index (χ3v) is 7.39. The maximum Gasteiger partial charge on any atom is 0.259 e. The Labute approximate surface area is 231 Å². The van der Waals surface area contributed by atoms with E-state index in [1.54, 1.807) is 12.0 Å². The second-order valence-electron chi connectivity index (χ2n) is 9.36. The third-order valence-electron chi connectivity index (χ3n) is 7.10. The molecule has 0 bridgehead atoms. The number of nitrogen functional groups attached to an aromatic ring is 1. The van der Waals surface area contributed by atoms with E-state index < -0.39 is 11.4 Å². The van der Waals surface area contributed by atoms with E-state index in [0.717, 1.165) is 12.2 Å². The Kier molecular flexibility index (Phi) is 8.73. The predicted molar refractivity (Wildman–Crippen MR) is 148 cm³/mol. The van der Waals surface area contributed by atoms with Gasteiger partial charge in [-0.15, -0.1) is 0 Å². The van der Waals surface area contributed by atoms with Gasteiger partial charge in [0.05, 0.1) is 30.1 Å². The summed E-state index contributed by atoms with van der Waals surface area (Å²) in [4.78, 5) is 28.5. The van der Waals surface area contributed by atoms with Crippen LogP contribution in [0.4, 0.5) is 21.6 Å². The van der Waals surface area contributed by atoms with Crippen molar-refractivity contribution in [2.24, 2.45) is 0 Å². The number of hydrogen-bond donors (Lipinski definition) is 2. The van der Waals surface area contributed by atoms with Crippen LogP contribution in [-0.4, -0.2) is 74.5 Å². The van der Waals surface area contributed by atoms with Crippen molar-refractivity contribution in [1.82, 2.24) is 14.7 Å². The van der Waals surface area contributed by atoms with Crippen molar-refractivity contribution in [3.63, 3.8) is 0 Å². The van der Waals surface area contributed by atoms with Gasteiger partial charge in [0, 0.05) is 51.3 Å². The Morgan fingerprint density at radius 3 is 2.69 bits per heavy atom. The summed E-state index contributed by atoms with van der Waals surface area (Å²) < 4.78 is 27.8. The van der Waals surface area contributed by atoms with Crippen LogP contribution in [-0.2, 0) is 19.9 Å². The first-order valence-electron chi connectivity index (χ1n) is 12.4. The fourth-order valence-corrected chi connectivity index (χ4v) is 5.11. The number of benzene rings is 2. The molecule has 0 radical (unpaired) electrons. The van der Waals surface area contributed by atoms with E-state index in [2.05, 4.69) is 15.3 Å². The normalized spacial score (nSPS) is 17.2. The highest BCUT2D eigenvalue weighted by atomic mass is 35.5. The molecule has 0 saturated carbocycles. The number of anilines is 3. The average molecular weight is 559 g/mol. The van der Waals surface area contributed by atoms with Crippen molar-refractivity contribution in [3.8, 4) is 5.69 Å². The number of nitrogens with zero attached hydrogens (tertiary/aromatic N) is 4. The van der Waals surface area contributed by atoms with E-state index >= 15 is 4.39 Å². The third kappa shape index (κ3) is 5.56. The van der Waals surface area contributed by atoms with Crippen LogP contribution in [0.25, 0.3) is 5.69 Å². The number of halogens is 2. The molecular formula is C27H32ClFN6O4. The number of rotatable bonds is 10. The number of aromatic nitrogens is 2. The smallest absolute Gasteiger partial charge is 0.259 e. The van der Waals surface area contributed by atoms with Gasteiger partial charge < -0.3 is 30.3 Å². The number of likely N-dealkylation sites (tertiary alicyclic amines) is 1. The van der Waals surface area contributed by atoms with Crippen molar-refractivity contribution >= 4 is 41.1 Å². The van der Waals surface area contributed by atoms with Gasteiger partial charge in [0.1, 0.15) is 22.8 Å². The van der Waals surface area contributed by atoms with Crippen molar-refractivity contribution < 1.29 is 23.5 Å². The maximum atomic E-state index is 15.3. The molecule has 2 amide bonds. The fraction of sp³-hybridized carbons (Fsp3) is 0.370. The van der Waals surface area contributed by atoms with Gasteiger partial charge >= 0.3 is 0 Å². The minimum absolute atomic E-state index is 0.0280. The molecule has 39 heavy (non-hydrogen) atoms. The molecule has 0 spiro atoms. The molecule has 0 unspecified atom stereocenters. The molecule has 2 heterocycles. The zero-order chi connectivity index (χ0) is 28.2. The monoisotopic (exact) mass is 558 g/mol. The van der Waals surface area contributed by atoms with Gasteiger partial charge in [-0.2, -0.15) is 5.10 Å². The summed E-state index contributed by atoms with van der Waals surface area (Å²) >= 11 is 6.09. The van der Waals surface area contributed by atoms with Gasteiger partial charge in [-0.25, -0.2) is 9.07 Å². The molecule has 12 heteroatoms. The topological polar surface area (TPSA) is 115 Å². The van der Waals surface area contributed by atoms with E-state index in [1.165, 1.54) is 30.1 Å². The van der Waals surface area contributed by atoms with Gasteiger partial charge in [-0.3, -0.25) is 9.59 Å². The lowest BCUT2D eigenvalue weighted by molar-refractivity contribution is -0.105. The van der Waals surface area contributed by atoms with Gasteiger partial charge in [0.2, 0.25) is 6.41 Å². The van der Waals surface area contributed by atoms with Crippen LogP contribution in [0.1, 0.15) is 28.8 Å². The number of nitrogens with two attached hydrogens (primary N) is 1. The number of piperidine rings is 1. The van der Waals surface area contributed by atoms with E-state index in [-0.39, 0.29) is 40.1 Å².